The SMILES string of the molecule is CC[C@H](C(=O)NC1CCCCC1)N(Cc1ccccc1)C(=O)CN(c1cccc(OC)c1)S(=O)(=O)c1ccc(C)cc1. The molecule has 0 aromatic heterocycles. The number of hydrogen-bond acceptors (Lipinski definition) is 5. The Balaban J connectivity index is 1.70. The van der Waals surface area contributed by atoms with E-state index in [-0.39, 0.29) is 23.4 Å². The Hall–Kier alpha value is -3.85. The fourth-order valence-electron chi connectivity index (χ4n) is 5.38. The highest BCUT2D eigenvalue weighted by atomic mass is 32.2. The summed E-state index contributed by atoms with van der Waals surface area (Å²) in [7, 11) is -2.64. The van der Waals surface area contributed by atoms with Gasteiger partial charge in [0.1, 0.15) is 18.3 Å². The van der Waals surface area contributed by atoms with E-state index in [0.29, 0.717) is 17.9 Å². The number of sulfonamides is 1. The molecule has 0 heterocycles. The molecule has 0 spiro atoms. The fourth-order valence-corrected chi connectivity index (χ4v) is 6.78. The smallest absolute Gasteiger partial charge is 0.264 e. The number of carbonyl (C=O) groups is 2. The Morgan fingerprint density at radius 1 is 0.952 bits per heavy atom. The van der Waals surface area contributed by atoms with Gasteiger partial charge < -0.3 is 15.0 Å². The van der Waals surface area contributed by atoms with Crippen molar-refractivity contribution in [2.24, 2.45) is 0 Å². The summed E-state index contributed by atoms with van der Waals surface area (Å²) in [5, 5.41) is 3.17. The molecule has 1 N–H and O–H groups in total. The number of carbonyl (C=O) groups excluding carboxylic acids is 2. The second-order valence-corrected chi connectivity index (χ2v) is 12.7. The number of nitrogens with one attached hydrogen (secondary N) is 1. The molecule has 4 rings (SSSR count). The molecule has 3 aromatic carbocycles. The van der Waals surface area contributed by atoms with Crippen LogP contribution in [0, 0.1) is 6.92 Å². The Morgan fingerprint density at radius 2 is 1.64 bits per heavy atom. The molecule has 1 aliphatic carbocycles. The summed E-state index contributed by atoms with van der Waals surface area (Å²) in [5.74, 6) is -0.213. The van der Waals surface area contributed by atoms with Gasteiger partial charge in [-0.25, -0.2) is 8.42 Å². The van der Waals surface area contributed by atoms with E-state index in [2.05, 4.69) is 5.32 Å². The van der Waals surface area contributed by atoms with Crippen LogP contribution in [0.4, 0.5) is 5.69 Å². The predicted molar refractivity (Wildman–Crippen MR) is 165 cm³/mol. The quantitative estimate of drug-likeness (QED) is 0.302. The van der Waals surface area contributed by atoms with Crippen molar-refractivity contribution in [1.29, 1.82) is 0 Å². The van der Waals surface area contributed by atoms with Gasteiger partial charge in [-0.05, 0) is 56.0 Å². The lowest BCUT2D eigenvalue weighted by Gasteiger charge is -2.34. The van der Waals surface area contributed by atoms with Crippen molar-refractivity contribution in [2.75, 3.05) is 18.0 Å². The van der Waals surface area contributed by atoms with Crippen LogP contribution in [0.15, 0.2) is 83.8 Å². The molecule has 0 saturated heterocycles. The third-order valence-corrected chi connectivity index (χ3v) is 9.55. The molecule has 9 heteroatoms. The van der Waals surface area contributed by atoms with Crippen molar-refractivity contribution in [3.05, 3.63) is 90.0 Å². The van der Waals surface area contributed by atoms with Crippen molar-refractivity contribution < 1.29 is 22.7 Å². The summed E-state index contributed by atoms with van der Waals surface area (Å²) < 4.78 is 34.5. The van der Waals surface area contributed by atoms with E-state index in [9.17, 15) is 18.0 Å². The highest BCUT2D eigenvalue weighted by molar-refractivity contribution is 7.92. The Morgan fingerprint density at radius 3 is 2.29 bits per heavy atom. The van der Waals surface area contributed by atoms with Gasteiger partial charge in [0.15, 0.2) is 0 Å². The molecule has 0 bridgehead atoms. The summed E-state index contributed by atoms with van der Waals surface area (Å²) in [6.45, 7) is 3.44. The van der Waals surface area contributed by atoms with Gasteiger partial charge >= 0.3 is 0 Å². The standard InChI is InChI=1S/C33H41N3O5S/c1-4-31(33(38)34-27-14-9-6-10-15-27)35(23-26-12-7-5-8-13-26)32(37)24-36(28-16-11-17-29(22-28)41-3)42(39,40)30-20-18-25(2)19-21-30/h5,7-8,11-13,16-22,27,31H,4,6,9-10,14-15,23-24H2,1-3H3,(H,34,38)/t31-/m1/s1. The van der Waals surface area contributed by atoms with Crippen molar-refractivity contribution in [3.63, 3.8) is 0 Å². The summed E-state index contributed by atoms with van der Waals surface area (Å²) >= 11 is 0. The van der Waals surface area contributed by atoms with Crippen LogP contribution in [0.3, 0.4) is 0 Å². The average Bonchev–Trinajstić information content (AvgIpc) is 3.00. The lowest BCUT2D eigenvalue weighted by atomic mass is 9.95. The van der Waals surface area contributed by atoms with Gasteiger partial charge in [-0.1, -0.05) is 80.3 Å². The molecule has 42 heavy (non-hydrogen) atoms. The van der Waals surface area contributed by atoms with Crippen LogP contribution in [0.5, 0.6) is 5.75 Å². The molecule has 8 nitrogen and oxygen atoms in total. The molecular weight excluding hydrogens is 550 g/mol. The number of ether oxygens (including phenoxy) is 1. The topological polar surface area (TPSA) is 96.0 Å². The Labute approximate surface area is 249 Å². The molecule has 1 saturated carbocycles. The zero-order valence-electron chi connectivity index (χ0n) is 24.7. The molecule has 0 aliphatic heterocycles. The van der Waals surface area contributed by atoms with Gasteiger partial charge in [0.2, 0.25) is 11.8 Å². The van der Waals surface area contributed by atoms with E-state index in [1.807, 2.05) is 44.2 Å². The van der Waals surface area contributed by atoms with E-state index in [4.69, 9.17) is 4.74 Å². The van der Waals surface area contributed by atoms with Crippen LogP contribution >= 0.6 is 0 Å². The van der Waals surface area contributed by atoms with Gasteiger partial charge in [-0.3, -0.25) is 13.9 Å². The highest BCUT2D eigenvalue weighted by Gasteiger charge is 2.34. The minimum absolute atomic E-state index is 0.0698. The van der Waals surface area contributed by atoms with Crippen molar-refractivity contribution in [2.45, 2.75) is 75.9 Å². The van der Waals surface area contributed by atoms with Crippen LogP contribution < -0.4 is 14.4 Å². The number of methoxy groups -OCH3 is 1. The summed E-state index contributed by atoms with van der Waals surface area (Å²) in [4.78, 5) is 29.4. The number of nitrogens with zero attached hydrogens (tertiary/aromatic N) is 2. The van der Waals surface area contributed by atoms with Crippen molar-refractivity contribution in [1.82, 2.24) is 10.2 Å². The first-order valence-corrected chi connectivity index (χ1v) is 16.0. The summed E-state index contributed by atoms with van der Waals surface area (Å²) in [6, 6.07) is 21.9. The minimum Gasteiger partial charge on any atom is -0.497 e. The molecule has 1 fully saturated rings. The van der Waals surface area contributed by atoms with Crippen LogP contribution in [-0.2, 0) is 26.2 Å². The van der Waals surface area contributed by atoms with Crippen molar-refractivity contribution >= 4 is 27.5 Å². The molecular formula is C33H41N3O5S. The van der Waals surface area contributed by atoms with Gasteiger partial charge in [-0.2, -0.15) is 0 Å². The monoisotopic (exact) mass is 591 g/mol. The lowest BCUT2D eigenvalue weighted by Crippen LogP contribution is -2.54. The maximum atomic E-state index is 14.2. The summed E-state index contributed by atoms with van der Waals surface area (Å²) in [6.07, 6.45) is 5.54. The Kier molecular flexibility index (Phi) is 10.6. The van der Waals surface area contributed by atoms with Gasteiger partial charge in [0.25, 0.3) is 10.0 Å². The number of rotatable bonds is 12. The third kappa shape index (κ3) is 7.70. The highest BCUT2D eigenvalue weighted by Crippen LogP contribution is 2.28. The first-order valence-electron chi connectivity index (χ1n) is 14.6. The van der Waals surface area contributed by atoms with Crippen LogP contribution in [-0.4, -0.2) is 50.9 Å². The summed E-state index contributed by atoms with van der Waals surface area (Å²) in [5.41, 5.74) is 2.06. The maximum absolute atomic E-state index is 14.2. The van der Waals surface area contributed by atoms with Crippen LogP contribution in [0.2, 0.25) is 0 Å². The largest absolute Gasteiger partial charge is 0.497 e. The average molecular weight is 592 g/mol. The maximum Gasteiger partial charge on any atom is 0.264 e. The zero-order chi connectivity index (χ0) is 30.1. The van der Waals surface area contributed by atoms with E-state index in [1.165, 1.54) is 24.1 Å². The van der Waals surface area contributed by atoms with Gasteiger partial charge in [0, 0.05) is 18.7 Å². The van der Waals surface area contributed by atoms with Crippen LogP contribution in [0.25, 0.3) is 0 Å². The molecule has 0 radical (unpaired) electrons. The number of aryl methyl sites for hydroxylation is 1. The van der Waals surface area contributed by atoms with Crippen molar-refractivity contribution in [3.8, 4) is 5.75 Å². The number of benzene rings is 3. The van der Waals surface area contributed by atoms with Gasteiger partial charge in [-0.15, -0.1) is 0 Å². The second kappa shape index (κ2) is 14.4. The van der Waals surface area contributed by atoms with E-state index in [1.54, 1.807) is 36.4 Å². The molecule has 3 aromatic rings. The number of amides is 2. The predicted octanol–water partition coefficient (Wildman–Crippen LogP) is 5.46. The normalized spacial score (nSPS) is 14.5. The van der Waals surface area contributed by atoms with E-state index in [0.717, 1.165) is 47.5 Å². The lowest BCUT2D eigenvalue weighted by molar-refractivity contribution is -0.140. The first kappa shape index (κ1) is 31.1. The minimum atomic E-state index is -4.14. The molecule has 0 unspecified atom stereocenters. The number of hydrogen-bond donors (Lipinski definition) is 1. The Bertz CT molecular complexity index is 1440. The second-order valence-electron chi connectivity index (χ2n) is 10.8. The van der Waals surface area contributed by atoms with Gasteiger partial charge in [0.05, 0.1) is 17.7 Å². The number of anilines is 1. The fraction of sp³-hybridized carbons (Fsp3) is 0.394. The molecule has 2 amide bonds. The van der Waals surface area contributed by atoms with E-state index >= 15 is 0 Å². The zero-order valence-corrected chi connectivity index (χ0v) is 25.5. The first-order chi connectivity index (χ1) is 20.2. The van der Waals surface area contributed by atoms with Crippen LogP contribution in [0.1, 0.15) is 56.6 Å². The third-order valence-electron chi connectivity index (χ3n) is 7.76. The van der Waals surface area contributed by atoms with E-state index < -0.39 is 28.5 Å². The molecule has 224 valence electrons. The molecule has 1 aliphatic rings. The molecule has 1 atom stereocenters.